The van der Waals surface area contributed by atoms with Crippen molar-refractivity contribution in [3.05, 3.63) is 0 Å². The molecule has 1 fully saturated rings. The van der Waals surface area contributed by atoms with Gasteiger partial charge in [-0.3, -0.25) is 4.79 Å². The Labute approximate surface area is 46.8 Å². The van der Waals surface area contributed by atoms with Crippen LogP contribution in [0.2, 0.25) is 0 Å². The van der Waals surface area contributed by atoms with Crippen molar-refractivity contribution in [1.29, 1.82) is 0 Å². The lowest BCUT2D eigenvalue weighted by Gasteiger charge is -1.78. The second-order valence-electron chi connectivity index (χ2n) is 1.57. The minimum Gasteiger partial charge on any atom is -0.272 e. The van der Waals surface area contributed by atoms with Gasteiger partial charge < -0.3 is 0 Å². The molecule has 0 bridgehead atoms. The Bertz CT molecular complexity index is 205. The van der Waals surface area contributed by atoms with Crippen LogP contribution in [-0.4, -0.2) is 26.0 Å². The summed E-state index contributed by atoms with van der Waals surface area (Å²) in [4.78, 5) is 10.1. The Kier molecular flexibility index (Phi) is 1.00. The number of sulfone groups is 1. The van der Waals surface area contributed by atoms with Gasteiger partial charge in [-0.2, -0.15) is 0 Å². The molecule has 0 aromatic rings. The Morgan fingerprint density at radius 2 is 2.12 bits per heavy atom. The van der Waals surface area contributed by atoms with Crippen LogP contribution in [0, 0.1) is 0 Å². The van der Waals surface area contributed by atoms with Crippen LogP contribution in [0.5, 0.6) is 0 Å². The molecule has 1 saturated heterocycles. The Balaban J connectivity index is 2.86. The van der Waals surface area contributed by atoms with Crippen LogP contribution in [0.3, 0.4) is 0 Å². The molecule has 8 heavy (non-hydrogen) atoms. The first-order chi connectivity index (χ1) is 3.60. The maximum absolute atomic E-state index is 10.3. The summed E-state index contributed by atoms with van der Waals surface area (Å²) in [5, 5.41) is 3.16. The minimum atomic E-state index is -3.11. The average Bonchev–Trinajstić information content (AvgIpc) is 1.82. The first kappa shape index (κ1) is 5.55. The number of nitrogens with zero attached hydrogens (tertiary/aromatic N) is 1. The number of hydrogen-bond acceptors (Lipinski definition) is 3. The van der Waals surface area contributed by atoms with Gasteiger partial charge in [-0.15, -0.1) is 0 Å². The molecule has 0 saturated carbocycles. The lowest BCUT2D eigenvalue weighted by molar-refractivity contribution is -0.118. The van der Waals surface area contributed by atoms with Crippen molar-refractivity contribution in [2.75, 3.05) is 11.6 Å². The predicted octanol–water partition coefficient (Wildman–Crippen LogP) is -1.50. The highest BCUT2D eigenvalue weighted by Gasteiger charge is 2.25. The Hall–Kier alpha value is -0.580. The molecule has 1 amide bonds. The number of carbonyl (C=O) groups excluding carboxylic acids is 1. The average molecular weight is 134 g/mol. The van der Waals surface area contributed by atoms with Crippen LogP contribution in [0.15, 0.2) is 0 Å². The fourth-order valence-corrected chi connectivity index (χ4v) is 1.35. The third kappa shape index (κ3) is 0.975. The fraction of sp³-hybridized carbons (Fsp3) is 0.667. The van der Waals surface area contributed by atoms with Crippen molar-refractivity contribution in [3.8, 4) is 0 Å². The van der Waals surface area contributed by atoms with E-state index in [0.29, 0.717) is 0 Å². The predicted molar refractivity (Wildman–Crippen MR) is 25.8 cm³/mol. The molecule has 0 unspecified atom stereocenters. The van der Waals surface area contributed by atoms with Crippen LogP contribution < -0.4 is 5.32 Å². The molecule has 1 aliphatic rings. The molecule has 1 radical (unpaired) electrons. The van der Waals surface area contributed by atoms with E-state index in [1.54, 1.807) is 0 Å². The quantitative estimate of drug-likeness (QED) is 0.405. The van der Waals surface area contributed by atoms with Gasteiger partial charge in [0, 0.05) is 0 Å². The molecule has 1 heterocycles. The smallest absolute Gasteiger partial charge is 0.257 e. The summed E-state index contributed by atoms with van der Waals surface area (Å²) in [5.41, 5.74) is 0. The highest BCUT2D eigenvalue weighted by Crippen LogP contribution is 1.96. The van der Waals surface area contributed by atoms with Gasteiger partial charge in [0.25, 0.3) is 5.91 Å². The second kappa shape index (κ2) is 1.45. The van der Waals surface area contributed by atoms with Gasteiger partial charge in [-0.25, -0.2) is 13.7 Å². The third-order valence-corrected chi connectivity index (χ3v) is 1.99. The number of hydrogen-bond donors (Lipinski definition) is 0. The summed E-state index contributed by atoms with van der Waals surface area (Å²) >= 11 is 0. The molecular formula is C3H4NO3S. The molecule has 4 nitrogen and oxygen atoms in total. The van der Waals surface area contributed by atoms with E-state index < -0.39 is 21.5 Å². The van der Waals surface area contributed by atoms with E-state index in [9.17, 15) is 13.2 Å². The zero-order chi connectivity index (χ0) is 6.20. The molecular weight excluding hydrogens is 130 g/mol. The Morgan fingerprint density at radius 1 is 1.50 bits per heavy atom. The molecule has 0 aliphatic carbocycles. The summed E-state index contributed by atoms with van der Waals surface area (Å²) in [6.45, 7) is 0. The van der Waals surface area contributed by atoms with E-state index in [1.807, 2.05) is 0 Å². The van der Waals surface area contributed by atoms with Crippen molar-refractivity contribution in [2.45, 2.75) is 0 Å². The van der Waals surface area contributed by atoms with E-state index in [2.05, 4.69) is 5.32 Å². The maximum Gasteiger partial charge on any atom is 0.257 e. The van der Waals surface area contributed by atoms with Crippen LogP contribution in [0.25, 0.3) is 0 Å². The van der Waals surface area contributed by atoms with Crippen LogP contribution >= 0.6 is 0 Å². The molecule has 0 spiro atoms. The summed E-state index contributed by atoms with van der Waals surface area (Å²) < 4.78 is 20.7. The van der Waals surface area contributed by atoms with Crippen LogP contribution in [0.4, 0.5) is 0 Å². The van der Waals surface area contributed by atoms with Crippen molar-refractivity contribution < 1.29 is 13.2 Å². The van der Waals surface area contributed by atoms with Gasteiger partial charge >= 0.3 is 0 Å². The van der Waals surface area contributed by atoms with E-state index in [4.69, 9.17) is 0 Å². The van der Waals surface area contributed by atoms with Crippen molar-refractivity contribution in [3.63, 3.8) is 0 Å². The molecule has 5 heteroatoms. The molecule has 0 N–H and O–H groups in total. The number of rotatable bonds is 0. The first-order valence-electron chi connectivity index (χ1n) is 2.01. The molecule has 0 aromatic heterocycles. The molecule has 0 atom stereocenters. The number of carbonyl (C=O) groups is 1. The second-order valence-corrected chi connectivity index (χ2v) is 3.60. The highest BCUT2D eigenvalue weighted by atomic mass is 32.2. The van der Waals surface area contributed by atoms with Gasteiger partial charge in [-0.05, 0) is 0 Å². The standard InChI is InChI=1S/C3H4NO3S/c5-3-1-8(6,7)2-4-3/h1-2H2. The lowest BCUT2D eigenvalue weighted by atomic mass is 10.7. The van der Waals surface area contributed by atoms with E-state index >= 15 is 0 Å². The van der Waals surface area contributed by atoms with Gasteiger partial charge in [-0.1, -0.05) is 0 Å². The fourth-order valence-electron chi connectivity index (χ4n) is 0.450. The van der Waals surface area contributed by atoms with Gasteiger partial charge in [0.15, 0.2) is 9.84 Å². The summed E-state index contributed by atoms with van der Waals surface area (Å²) in [5.74, 6) is -1.23. The summed E-state index contributed by atoms with van der Waals surface area (Å²) in [6, 6.07) is 0. The third-order valence-electron chi connectivity index (χ3n) is 0.781. The molecule has 45 valence electrons. The molecule has 0 aromatic carbocycles. The molecule has 1 rings (SSSR count). The van der Waals surface area contributed by atoms with Crippen molar-refractivity contribution in [1.82, 2.24) is 5.32 Å². The van der Waals surface area contributed by atoms with Gasteiger partial charge in [0.1, 0.15) is 11.6 Å². The topological polar surface area (TPSA) is 65.3 Å². The Morgan fingerprint density at radius 3 is 2.25 bits per heavy atom. The zero-order valence-electron chi connectivity index (χ0n) is 3.99. The lowest BCUT2D eigenvalue weighted by Crippen LogP contribution is -2.05. The normalized spacial score (nSPS) is 25.2. The first-order valence-corrected chi connectivity index (χ1v) is 3.83. The van der Waals surface area contributed by atoms with E-state index in [-0.39, 0.29) is 5.88 Å². The van der Waals surface area contributed by atoms with Crippen LogP contribution in [0.1, 0.15) is 0 Å². The van der Waals surface area contributed by atoms with E-state index in [0.717, 1.165) is 0 Å². The molecule has 1 aliphatic heterocycles. The van der Waals surface area contributed by atoms with Crippen LogP contribution in [-0.2, 0) is 14.6 Å². The summed E-state index contributed by atoms with van der Waals surface area (Å²) in [7, 11) is -3.11. The van der Waals surface area contributed by atoms with Crippen molar-refractivity contribution >= 4 is 15.7 Å². The minimum absolute atomic E-state index is 0.314. The monoisotopic (exact) mass is 134 g/mol. The van der Waals surface area contributed by atoms with Crippen molar-refractivity contribution in [2.24, 2.45) is 0 Å². The highest BCUT2D eigenvalue weighted by molar-refractivity contribution is 7.92. The zero-order valence-corrected chi connectivity index (χ0v) is 4.81. The number of amides is 1. The maximum atomic E-state index is 10.3. The summed E-state index contributed by atoms with van der Waals surface area (Å²) in [6.07, 6.45) is 0. The largest absolute Gasteiger partial charge is 0.272 e. The van der Waals surface area contributed by atoms with Gasteiger partial charge in [0.05, 0.1) is 0 Å². The van der Waals surface area contributed by atoms with E-state index in [1.165, 1.54) is 0 Å². The SMILES string of the molecule is O=C1CS(=O)(=O)C[N]1. The van der Waals surface area contributed by atoms with Gasteiger partial charge in [0.2, 0.25) is 0 Å².